The highest BCUT2D eigenvalue weighted by molar-refractivity contribution is 5.98. The van der Waals surface area contributed by atoms with E-state index in [1.54, 1.807) is 115 Å². The number of aliphatic hydroxyl groups excluding tert-OH is 1. The van der Waals surface area contributed by atoms with Crippen LogP contribution in [-0.2, 0) is 84.5 Å². The number of hydrogen-bond donors (Lipinski definition) is 9. The number of carbonyl (C=O) groups is 10. The number of aliphatic hydroxyl groups is 1. The summed E-state index contributed by atoms with van der Waals surface area (Å²) in [6.45, 7) is 26.6. The standard InChI is InChI=1S/C80H126N12O18/c1-17-53(9)71(64(104-15)48-67(95)92-37-23-27-63(92)73(105-16)55(11)74(97)85-56(12)72(96)59-24-20-19-21-25-59)90(13)78(101)69(51(5)6)89-77(100)70(52(7)8)91(14)80(103)110-49-58-28-30-60(31-29-58)86-75(98)62(26-22-35-83-79(81)102)87-76(99)68(50(3)4)88-66(94)34-38-106-40-42-108-44-45-109-43-41-107-39-36-82-65(93)33-32-61-47-57(18-2)46-54(10)84-61/h18-21,24-25,28-31,46-47,50-53,55-56,62-64,68-73,96H,2,17,22-23,26-27,32-45,48-49H2,1,3-16H3,(H,82,93)(H,85,97)(H,86,98)(H,87,99)(H,88,94)(H,89,100)(H3,81,83,102)/t53-,55+,56+,62-,63-,64?,68-,69-,70-,71?,72+,73+/m0/s1. The van der Waals surface area contributed by atoms with Gasteiger partial charge in [0.05, 0.1) is 102 Å². The Balaban J connectivity index is 1.25. The molecule has 1 aromatic heterocycles. The van der Waals surface area contributed by atoms with Crippen molar-refractivity contribution in [1.82, 2.24) is 51.6 Å². The van der Waals surface area contributed by atoms with Crippen molar-refractivity contribution >= 4 is 71.1 Å². The number of nitrogens with zero attached hydrogens (tertiary/aromatic N) is 4. The minimum atomic E-state index is -1.12. The summed E-state index contributed by atoms with van der Waals surface area (Å²) < 4.78 is 40.0. The lowest BCUT2D eigenvalue weighted by Crippen LogP contribution is -2.60. The minimum absolute atomic E-state index is 0.0500. The molecule has 0 aliphatic carbocycles. The van der Waals surface area contributed by atoms with E-state index in [0.717, 1.165) is 17.0 Å². The monoisotopic (exact) mass is 1540 g/mol. The first-order valence-corrected chi connectivity index (χ1v) is 38.4. The number of urea groups is 1. The Morgan fingerprint density at radius 1 is 0.691 bits per heavy atom. The number of aryl methyl sites for hydroxylation is 2. The van der Waals surface area contributed by atoms with Crippen LogP contribution in [0.25, 0.3) is 6.08 Å². The number of rotatable bonds is 51. The van der Waals surface area contributed by atoms with E-state index in [1.807, 2.05) is 51.1 Å². The number of nitrogens with two attached hydrogens (primary N) is 1. The Bertz CT molecular complexity index is 3370. The Labute approximate surface area is 650 Å². The van der Waals surface area contributed by atoms with E-state index >= 15 is 0 Å². The summed E-state index contributed by atoms with van der Waals surface area (Å²) in [4.78, 5) is 145. The van der Waals surface area contributed by atoms with E-state index in [0.29, 0.717) is 95.0 Å². The number of anilines is 1. The smallest absolute Gasteiger partial charge is 0.410 e. The van der Waals surface area contributed by atoms with E-state index < -0.39 is 126 Å². The number of hydrogen-bond acceptors (Lipinski definition) is 19. The Morgan fingerprint density at radius 3 is 1.90 bits per heavy atom. The van der Waals surface area contributed by atoms with Crippen molar-refractivity contribution in [2.45, 2.75) is 201 Å². The average molecular weight is 1540 g/mol. The van der Waals surface area contributed by atoms with Gasteiger partial charge in [-0.1, -0.05) is 124 Å². The van der Waals surface area contributed by atoms with E-state index in [1.165, 1.54) is 26.2 Å². The van der Waals surface area contributed by atoms with Crippen molar-refractivity contribution in [2.75, 3.05) is 106 Å². The number of nitrogens with one attached hydrogen (secondary N) is 7. The number of aromatic nitrogens is 1. The summed E-state index contributed by atoms with van der Waals surface area (Å²) in [7, 11) is 6.08. The molecule has 12 atom stereocenters. The highest BCUT2D eigenvalue weighted by atomic mass is 16.6. The fourth-order valence-corrected chi connectivity index (χ4v) is 13.2. The molecule has 1 aliphatic rings. The second-order valence-corrected chi connectivity index (χ2v) is 29.1. The molecule has 614 valence electrons. The molecule has 1 aliphatic heterocycles. The van der Waals surface area contributed by atoms with Crippen LogP contribution in [0, 0.1) is 36.5 Å². The summed E-state index contributed by atoms with van der Waals surface area (Å²) in [6, 6.07) is 12.6. The van der Waals surface area contributed by atoms with Crippen molar-refractivity contribution in [2.24, 2.45) is 35.3 Å². The molecule has 2 unspecified atom stereocenters. The lowest BCUT2D eigenvalue weighted by molar-refractivity contribution is -0.148. The van der Waals surface area contributed by atoms with E-state index in [9.17, 15) is 53.1 Å². The van der Waals surface area contributed by atoms with Crippen LogP contribution in [-0.4, -0.2) is 239 Å². The zero-order chi connectivity index (χ0) is 81.6. The summed E-state index contributed by atoms with van der Waals surface area (Å²) in [5, 5.41) is 30.5. The van der Waals surface area contributed by atoms with Gasteiger partial charge < -0.3 is 91.0 Å². The van der Waals surface area contributed by atoms with Crippen LogP contribution in [0.3, 0.4) is 0 Å². The van der Waals surface area contributed by atoms with Crippen molar-refractivity contribution < 1.29 is 86.2 Å². The van der Waals surface area contributed by atoms with E-state index in [4.69, 9.17) is 38.9 Å². The van der Waals surface area contributed by atoms with Gasteiger partial charge >= 0.3 is 12.1 Å². The normalized spacial score (nSPS) is 15.8. The van der Waals surface area contributed by atoms with Gasteiger partial charge in [-0.05, 0) is 111 Å². The highest BCUT2D eigenvalue weighted by Gasteiger charge is 2.44. The molecule has 2 aromatic carbocycles. The van der Waals surface area contributed by atoms with Crippen LogP contribution in [0.4, 0.5) is 15.3 Å². The number of ether oxygens (including phenoxy) is 7. The van der Waals surface area contributed by atoms with Crippen molar-refractivity contribution in [3.8, 4) is 0 Å². The van der Waals surface area contributed by atoms with E-state index in [2.05, 4.69) is 48.8 Å². The Morgan fingerprint density at radius 2 is 1.32 bits per heavy atom. The van der Waals surface area contributed by atoms with Crippen LogP contribution in [0.5, 0.6) is 0 Å². The lowest BCUT2D eigenvalue weighted by Gasteiger charge is -2.41. The lowest BCUT2D eigenvalue weighted by atomic mass is 9.89. The first-order chi connectivity index (χ1) is 52.4. The quantitative estimate of drug-likeness (QED) is 0.0286. The largest absolute Gasteiger partial charge is 0.445 e. The molecule has 0 radical (unpaired) electrons. The van der Waals surface area contributed by atoms with Gasteiger partial charge in [0, 0.05) is 77.9 Å². The SMILES string of the molecule is C=Cc1cc(C)nc(CCC(=O)NCCOCCOCCOCCOCCC(=O)N[C@H](C(=O)N[C@@H](CCCNC(N)=O)C(=O)Nc2ccc(COC(=O)N(C)[C@H](C(=O)N[C@H](C(=O)N(C)C(C(CC(=O)N3CCC[C@H]3[C@H](OC)[C@@H](C)C(=O)N[C@H](C)[C@@H](O)c3ccccc3)OC)[C@@H](C)CC)C(C)C)C(C)C)cc2)C(C)C)c1. The summed E-state index contributed by atoms with van der Waals surface area (Å²) in [6.07, 6.45) is 1.43. The zero-order valence-electron chi connectivity index (χ0n) is 67.4. The maximum atomic E-state index is 14.9. The number of amides is 11. The number of methoxy groups -OCH3 is 2. The zero-order valence-corrected chi connectivity index (χ0v) is 67.4. The molecule has 110 heavy (non-hydrogen) atoms. The summed E-state index contributed by atoms with van der Waals surface area (Å²) in [5.74, 6) is -5.47. The van der Waals surface area contributed by atoms with Gasteiger partial charge in [0.1, 0.15) is 30.8 Å². The van der Waals surface area contributed by atoms with Gasteiger partial charge in [-0.2, -0.15) is 0 Å². The van der Waals surface area contributed by atoms with Gasteiger partial charge in [0.2, 0.25) is 47.3 Å². The maximum absolute atomic E-state index is 14.9. The predicted molar refractivity (Wildman–Crippen MR) is 417 cm³/mol. The molecule has 0 spiro atoms. The van der Waals surface area contributed by atoms with Crippen LogP contribution in [0.15, 0.2) is 73.3 Å². The number of pyridine rings is 1. The third-order valence-electron chi connectivity index (χ3n) is 19.6. The maximum Gasteiger partial charge on any atom is 0.410 e. The van der Waals surface area contributed by atoms with Gasteiger partial charge in [0.25, 0.3) is 0 Å². The van der Waals surface area contributed by atoms with Crippen molar-refractivity contribution in [1.29, 1.82) is 0 Å². The molecule has 11 amide bonds. The molecule has 1 saturated heterocycles. The molecular formula is C80H126N12O18. The number of likely N-dealkylation sites (N-methyl/N-ethyl adjacent to an activating group) is 2. The fraction of sp³-hybridized carbons (Fsp3) is 0.637. The van der Waals surface area contributed by atoms with Crippen molar-refractivity contribution in [3.05, 3.63) is 101 Å². The Kier molecular flexibility index (Phi) is 42.2. The first-order valence-electron chi connectivity index (χ1n) is 38.4. The minimum Gasteiger partial charge on any atom is -0.445 e. The first kappa shape index (κ1) is 93.7. The number of benzene rings is 2. The Hall–Kier alpha value is -8.65. The van der Waals surface area contributed by atoms with Crippen LogP contribution in [0.1, 0.15) is 155 Å². The van der Waals surface area contributed by atoms with Crippen molar-refractivity contribution in [3.63, 3.8) is 0 Å². The van der Waals surface area contributed by atoms with Gasteiger partial charge in [-0.15, -0.1) is 0 Å². The summed E-state index contributed by atoms with van der Waals surface area (Å²) in [5.41, 5.74) is 9.48. The molecule has 30 heteroatoms. The molecule has 1 fully saturated rings. The second-order valence-electron chi connectivity index (χ2n) is 29.1. The predicted octanol–water partition coefficient (Wildman–Crippen LogP) is 6.14. The number of likely N-dealkylation sites (tertiary alicyclic amines) is 1. The molecular weight excluding hydrogens is 1420 g/mol. The van der Waals surface area contributed by atoms with Gasteiger partial charge in [-0.3, -0.25) is 48.2 Å². The van der Waals surface area contributed by atoms with Crippen LogP contribution >= 0.6 is 0 Å². The molecule has 30 nitrogen and oxygen atoms in total. The summed E-state index contributed by atoms with van der Waals surface area (Å²) >= 11 is 0. The molecule has 0 saturated carbocycles. The van der Waals surface area contributed by atoms with Gasteiger partial charge in [-0.25, -0.2) is 9.59 Å². The topological polar surface area (TPSA) is 388 Å². The molecule has 3 aromatic rings. The second kappa shape index (κ2) is 49.6. The molecule has 2 heterocycles. The van der Waals surface area contributed by atoms with Gasteiger partial charge in [0.15, 0.2) is 0 Å². The van der Waals surface area contributed by atoms with Crippen LogP contribution < -0.4 is 43.0 Å². The van der Waals surface area contributed by atoms with E-state index in [-0.39, 0.29) is 82.3 Å². The third-order valence-corrected chi connectivity index (χ3v) is 19.6. The van der Waals surface area contributed by atoms with Crippen LogP contribution in [0.2, 0.25) is 0 Å². The molecule has 0 bridgehead atoms. The molecule has 4 rings (SSSR count). The molecule has 10 N–H and O–H groups in total. The average Bonchev–Trinajstić information content (AvgIpc) is 1.42. The number of carbonyl (C=O) groups excluding carboxylic acids is 10. The highest BCUT2D eigenvalue weighted by Crippen LogP contribution is 2.31. The third kappa shape index (κ3) is 31.6. The number of primary amides is 1. The fourth-order valence-electron chi connectivity index (χ4n) is 13.2.